The summed E-state index contributed by atoms with van der Waals surface area (Å²) < 4.78 is 13.0. The van der Waals surface area contributed by atoms with E-state index in [0.717, 1.165) is 32.5 Å². The molecule has 3 N–H and O–H groups in total. The van der Waals surface area contributed by atoms with E-state index in [-0.39, 0.29) is 23.4 Å². The van der Waals surface area contributed by atoms with Gasteiger partial charge in [0.15, 0.2) is 5.78 Å². The number of para-hydroxylation sites is 1. The quantitative estimate of drug-likeness (QED) is 0.652. The Balaban J connectivity index is 1.40. The molecular formula is C23H26FN3O3. The van der Waals surface area contributed by atoms with Gasteiger partial charge in [-0.25, -0.2) is 4.39 Å². The molecule has 0 atom stereocenters. The first-order valence-corrected chi connectivity index (χ1v) is 10.1. The lowest BCUT2D eigenvalue weighted by atomic mass is 9.89. The van der Waals surface area contributed by atoms with E-state index in [0.29, 0.717) is 29.7 Å². The van der Waals surface area contributed by atoms with E-state index >= 15 is 0 Å². The minimum absolute atomic E-state index is 0.0414. The minimum Gasteiger partial charge on any atom is -0.366 e. The minimum atomic E-state index is -0.580. The molecule has 0 bridgehead atoms. The largest absolute Gasteiger partial charge is 0.366 e. The molecule has 2 aromatic carbocycles. The number of anilines is 1. The number of nitrogens with two attached hydrogens (primary N) is 1. The van der Waals surface area contributed by atoms with Gasteiger partial charge in [0.05, 0.1) is 11.3 Å². The number of hydrogen-bond donors (Lipinski definition) is 2. The molecule has 6 nitrogen and oxygen atoms in total. The van der Waals surface area contributed by atoms with Crippen LogP contribution in [0.15, 0.2) is 48.5 Å². The van der Waals surface area contributed by atoms with Crippen molar-refractivity contribution in [3.05, 3.63) is 65.5 Å². The highest BCUT2D eigenvalue weighted by atomic mass is 19.1. The zero-order chi connectivity index (χ0) is 21.5. The normalized spacial score (nSPS) is 15.0. The second-order valence-electron chi connectivity index (χ2n) is 7.55. The van der Waals surface area contributed by atoms with Crippen molar-refractivity contribution in [2.24, 2.45) is 11.7 Å². The topological polar surface area (TPSA) is 92.5 Å². The number of carbonyl (C=O) groups is 3. The molecule has 1 fully saturated rings. The van der Waals surface area contributed by atoms with E-state index < -0.39 is 5.91 Å². The Hall–Kier alpha value is -3.06. The molecule has 2 amide bonds. The predicted octanol–water partition coefficient (Wildman–Crippen LogP) is 3.24. The lowest BCUT2D eigenvalue weighted by Gasteiger charge is -2.31. The van der Waals surface area contributed by atoms with Gasteiger partial charge in [-0.2, -0.15) is 0 Å². The van der Waals surface area contributed by atoms with Gasteiger partial charge in [-0.3, -0.25) is 14.4 Å². The molecule has 2 aromatic rings. The molecule has 3 rings (SSSR count). The zero-order valence-corrected chi connectivity index (χ0v) is 16.8. The molecular weight excluding hydrogens is 385 g/mol. The fourth-order valence-electron chi connectivity index (χ4n) is 3.75. The number of hydrogen-bond acceptors (Lipinski definition) is 4. The summed E-state index contributed by atoms with van der Waals surface area (Å²) in [4.78, 5) is 38.4. The second-order valence-corrected chi connectivity index (χ2v) is 7.55. The number of piperidine rings is 1. The molecule has 7 heteroatoms. The van der Waals surface area contributed by atoms with Gasteiger partial charge < -0.3 is 16.0 Å². The molecule has 158 valence electrons. The average Bonchev–Trinajstić information content (AvgIpc) is 2.74. The molecule has 1 heterocycles. The Labute approximate surface area is 175 Å². The van der Waals surface area contributed by atoms with Crippen LogP contribution in [0, 0.1) is 11.7 Å². The van der Waals surface area contributed by atoms with E-state index in [1.54, 1.807) is 36.4 Å². The highest BCUT2D eigenvalue weighted by Crippen LogP contribution is 2.22. The van der Waals surface area contributed by atoms with Gasteiger partial charge in [0.1, 0.15) is 5.82 Å². The number of rotatable bonds is 8. The van der Waals surface area contributed by atoms with Crippen molar-refractivity contribution >= 4 is 23.3 Å². The lowest BCUT2D eigenvalue weighted by molar-refractivity contribution is -0.116. The average molecular weight is 411 g/mol. The maximum Gasteiger partial charge on any atom is 0.250 e. The van der Waals surface area contributed by atoms with Gasteiger partial charge in [0.2, 0.25) is 5.91 Å². The second kappa shape index (κ2) is 10.1. The smallest absolute Gasteiger partial charge is 0.250 e. The van der Waals surface area contributed by atoms with Crippen LogP contribution in [0.5, 0.6) is 0 Å². The summed E-state index contributed by atoms with van der Waals surface area (Å²) in [5, 5.41) is 2.74. The Morgan fingerprint density at radius 1 is 1.03 bits per heavy atom. The summed E-state index contributed by atoms with van der Waals surface area (Å²) in [6.07, 6.45) is 2.53. The summed E-state index contributed by atoms with van der Waals surface area (Å²) in [6.45, 7) is 2.36. The maximum atomic E-state index is 13.0. The van der Waals surface area contributed by atoms with Crippen LogP contribution in [0.2, 0.25) is 0 Å². The highest BCUT2D eigenvalue weighted by molar-refractivity contribution is 6.03. The number of nitrogens with zero attached hydrogens (tertiary/aromatic N) is 1. The Kier molecular flexibility index (Phi) is 7.30. The van der Waals surface area contributed by atoms with Crippen LogP contribution in [0.3, 0.4) is 0 Å². The van der Waals surface area contributed by atoms with Crippen LogP contribution < -0.4 is 11.1 Å². The summed E-state index contributed by atoms with van der Waals surface area (Å²) >= 11 is 0. The predicted molar refractivity (Wildman–Crippen MR) is 113 cm³/mol. The van der Waals surface area contributed by atoms with E-state index in [1.807, 2.05) is 0 Å². The number of benzene rings is 2. The van der Waals surface area contributed by atoms with Gasteiger partial charge in [0, 0.05) is 17.9 Å². The van der Waals surface area contributed by atoms with E-state index in [2.05, 4.69) is 10.2 Å². The number of Topliss-reactive ketones (excluding diaryl/α,β-unsaturated/α-hetero) is 1. The van der Waals surface area contributed by atoms with Crippen LogP contribution in [-0.4, -0.2) is 42.1 Å². The van der Waals surface area contributed by atoms with Crippen LogP contribution in [-0.2, 0) is 4.79 Å². The first-order chi connectivity index (χ1) is 14.4. The molecule has 30 heavy (non-hydrogen) atoms. The fraction of sp³-hybridized carbons (Fsp3) is 0.348. The summed E-state index contributed by atoms with van der Waals surface area (Å²) in [5.74, 6) is -1.06. The molecule has 0 spiro atoms. The summed E-state index contributed by atoms with van der Waals surface area (Å²) in [7, 11) is 0. The highest BCUT2D eigenvalue weighted by Gasteiger charge is 2.25. The molecule has 0 saturated carbocycles. The molecule has 0 radical (unpaired) electrons. The van der Waals surface area contributed by atoms with Crippen LogP contribution in [0.1, 0.15) is 46.4 Å². The Bertz CT molecular complexity index is 906. The first kappa shape index (κ1) is 21.6. The van der Waals surface area contributed by atoms with Crippen molar-refractivity contribution in [3.8, 4) is 0 Å². The molecule has 1 aliphatic rings. The standard InChI is InChI=1S/C23H26FN3O3/c24-18-9-7-16(8-10-18)22(29)17-11-14-27(15-12-17)13-3-6-21(28)26-20-5-2-1-4-19(20)23(25)30/h1-2,4-5,7-10,17H,3,6,11-15H2,(H2,25,30)(H,26,28). The number of primary amides is 1. The van der Waals surface area contributed by atoms with E-state index in [9.17, 15) is 18.8 Å². The molecule has 0 aromatic heterocycles. The monoisotopic (exact) mass is 411 g/mol. The van der Waals surface area contributed by atoms with Crippen LogP contribution >= 0.6 is 0 Å². The van der Waals surface area contributed by atoms with Gasteiger partial charge >= 0.3 is 0 Å². The number of nitrogens with one attached hydrogen (secondary N) is 1. The summed E-state index contributed by atoms with van der Waals surface area (Å²) in [5.41, 5.74) is 6.60. The van der Waals surface area contributed by atoms with Gasteiger partial charge in [-0.15, -0.1) is 0 Å². The maximum absolute atomic E-state index is 13.0. The van der Waals surface area contributed by atoms with Crippen molar-refractivity contribution < 1.29 is 18.8 Å². The van der Waals surface area contributed by atoms with Gasteiger partial charge in [-0.05, 0) is 75.3 Å². The van der Waals surface area contributed by atoms with Crippen molar-refractivity contribution in [1.82, 2.24) is 4.90 Å². The molecule has 0 aliphatic carbocycles. The number of likely N-dealkylation sites (tertiary alicyclic amines) is 1. The lowest BCUT2D eigenvalue weighted by Crippen LogP contribution is -2.37. The number of halogens is 1. The Morgan fingerprint density at radius 2 is 1.70 bits per heavy atom. The van der Waals surface area contributed by atoms with Gasteiger partial charge in [0.25, 0.3) is 5.91 Å². The van der Waals surface area contributed by atoms with Crippen molar-refractivity contribution in [2.45, 2.75) is 25.7 Å². The van der Waals surface area contributed by atoms with Gasteiger partial charge in [-0.1, -0.05) is 12.1 Å². The fourth-order valence-corrected chi connectivity index (χ4v) is 3.75. The summed E-state index contributed by atoms with van der Waals surface area (Å²) in [6, 6.07) is 12.4. The van der Waals surface area contributed by atoms with Crippen LogP contribution in [0.25, 0.3) is 0 Å². The number of ketones is 1. The zero-order valence-electron chi connectivity index (χ0n) is 16.8. The molecule has 1 aliphatic heterocycles. The first-order valence-electron chi connectivity index (χ1n) is 10.1. The third-order valence-electron chi connectivity index (χ3n) is 5.43. The number of carbonyl (C=O) groups excluding carboxylic acids is 3. The Morgan fingerprint density at radius 3 is 2.37 bits per heavy atom. The molecule has 1 saturated heterocycles. The van der Waals surface area contributed by atoms with E-state index in [4.69, 9.17) is 5.73 Å². The SMILES string of the molecule is NC(=O)c1ccccc1NC(=O)CCCN1CCC(C(=O)c2ccc(F)cc2)CC1. The number of amides is 2. The van der Waals surface area contributed by atoms with Crippen molar-refractivity contribution in [3.63, 3.8) is 0 Å². The van der Waals surface area contributed by atoms with E-state index in [1.165, 1.54) is 12.1 Å². The van der Waals surface area contributed by atoms with Crippen molar-refractivity contribution in [2.75, 3.05) is 25.0 Å². The third kappa shape index (κ3) is 5.73. The molecule has 0 unspecified atom stereocenters. The third-order valence-corrected chi connectivity index (χ3v) is 5.43. The van der Waals surface area contributed by atoms with Crippen molar-refractivity contribution in [1.29, 1.82) is 0 Å². The van der Waals surface area contributed by atoms with Crippen LogP contribution in [0.4, 0.5) is 10.1 Å².